The van der Waals surface area contributed by atoms with Gasteiger partial charge >= 0.3 is 0 Å². The van der Waals surface area contributed by atoms with E-state index in [1.165, 1.54) is 12.1 Å². The minimum absolute atomic E-state index is 0.206. The SMILES string of the molecule is CC(=O)CCc1ccc(-c2ccc(F)cc2)cc1. The second-order valence-electron chi connectivity index (χ2n) is 4.41. The number of hydrogen-bond donors (Lipinski definition) is 0. The largest absolute Gasteiger partial charge is 0.300 e. The van der Waals surface area contributed by atoms with Gasteiger partial charge in [-0.05, 0) is 42.2 Å². The number of halogens is 1. The topological polar surface area (TPSA) is 17.1 Å². The van der Waals surface area contributed by atoms with Crippen LogP contribution in [0.5, 0.6) is 0 Å². The van der Waals surface area contributed by atoms with Crippen molar-refractivity contribution in [3.8, 4) is 11.1 Å². The van der Waals surface area contributed by atoms with Gasteiger partial charge in [-0.15, -0.1) is 0 Å². The number of benzene rings is 2. The molecule has 1 nitrogen and oxygen atoms in total. The average molecular weight is 242 g/mol. The molecule has 0 saturated carbocycles. The number of rotatable bonds is 4. The highest BCUT2D eigenvalue weighted by molar-refractivity contribution is 5.75. The molecule has 0 aliphatic heterocycles. The molecule has 0 heterocycles. The molecule has 0 radical (unpaired) electrons. The van der Waals surface area contributed by atoms with Crippen LogP contribution in [-0.4, -0.2) is 5.78 Å². The van der Waals surface area contributed by atoms with Crippen LogP contribution in [0.2, 0.25) is 0 Å². The summed E-state index contributed by atoms with van der Waals surface area (Å²) in [4.78, 5) is 10.9. The lowest BCUT2D eigenvalue weighted by atomic mass is 10.0. The summed E-state index contributed by atoms with van der Waals surface area (Å²) >= 11 is 0. The maximum absolute atomic E-state index is 12.8. The average Bonchev–Trinajstić information content (AvgIpc) is 2.38. The first-order valence-electron chi connectivity index (χ1n) is 5.99. The fraction of sp³-hybridized carbons (Fsp3) is 0.188. The minimum Gasteiger partial charge on any atom is -0.300 e. The van der Waals surface area contributed by atoms with Gasteiger partial charge in [-0.3, -0.25) is 0 Å². The summed E-state index contributed by atoms with van der Waals surface area (Å²) in [5.41, 5.74) is 3.20. The Bertz CT molecular complexity index is 526. The summed E-state index contributed by atoms with van der Waals surface area (Å²) in [6, 6.07) is 14.5. The van der Waals surface area contributed by atoms with E-state index in [4.69, 9.17) is 0 Å². The summed E-state index contributed by atoms with van der Waals surface area (Å²) in [5.74, 6) is -0.0190. The van der Waals surface area contributed by atoms with Crippen molar-refractivity contribution in [1.82, 2.24) is 0 Å². The van der Waals surface area contributed by atoms with Gasteiger partial charge < -0.3 is 4.79 Å². The van der Waals surface area contributed by atoms with Crippen molar-refractivity contribution in [2.24, 2.45) is 0 Å². The quantitative estimate of drug-likeness (QED) is 0.791. The summed E-state index contributed by atoms with van der Waals surface area (Å²) in [6.45, 7) is 1.60. The molecule has 0 aliphatic rings. The second-order valence-corrected chi connectivity index (χ2v) is 4.41. The first-order chi connectivity index (χ1) is 8.65. The molecule has 0 saturated heterocycles. The Morgan fingerprint density at radius 1 is 0.944 bits per heavy atom. The third-order valence-corrected chi connectivity index (χ3v) is 2.90. The summed E-state index contributed by atoms with van der Waals surface area (Å²) in [5, 5.41) is 0. The molecule has 18 heavy (non-hydrogen) atoms. The van der Waals surface area contributed by atoms with Crippen LogP contribution in [0.15, 0.2) is 48.5 Å². The molecule has 92 valence electrons. The normalized spacial score (nSPS) is 10.3. The van der Waals surface area contributed by atoms with Crippen molar-refractivity contribution in [3.63, 3.8) is 0 Å². The Morgan fingerprint density at radius 3 is 1.94 bits per heavy atom. The molecule has 0 bridgehead atoms. The molecular weight excluding hydrogens is 227 g/mol. The summed E-state index contributed by atoms with van der Waals surface area (Å²) in [6.07, 6.45) is 1.36. The van der Waals surface area contributed by atoms with Crippen molar-refractivity contribution in [3.05, 3.63) is 59.9 Å². The highest BCUT2D eigenvalue weighted by atomic mass is 19.1. The van der Waals surface area contributed by atoms with Gasteiger partial charge in [-0.1, -0.05) is 36.4 Å². The molecule has 2 aromatic carbocycles. The highest BCUT2D eigenvalue weighted by Gasteiger charge is 2.00. The number of aryl methyl sites for hydroxylation is 1. The van der Waals surface area contributed by atoms with Gasteiger partial charge in [0.15, 0.2) is 0 Å². The van der Waals surface area contributed by atoms with Crippen LogP contribution in [0.3, 0.4) is 0 Å². The van der Waals surface area contributed by atoms with Gasteiger partial charge in [0.05, 0.1) is 0 Å². The zero-order valence-electron chi connectivity index (χ0n) is 10.3. The third kappa shape index (κ3) is 3.27. The van der Waals surface area contributed by atoms with Gasteiger partial charge in [-0.2, -0.15) is 0 Å². The molecule has 0 aromatic heterocycles. The summed E-state index contributed by atoms with van der Waals surface area (Å²) in [7, 11) is 0. The molecule has 2 rings (SSSR count). The van der Waals surface area contributed by atoms with E-state index in [0.717, 1.165) is 23.1 Å². The standard InChI is InChI=1S/C16H15FO/c1-12(18)2-3-13-4-6-14(7-5-13)15-8-10-16(17)11-9-15/h4-11H,2-3H2,1H3. The monoisotopic (exact) mass is 242 g/mol. The fourth-order valence-corrected chi connectivity index (χ4v) is 1.83. The van der Waals surface area contributed by atoms with E-state index < -0.39 is 0 Å². The van der Waals surface area contributed by atoms with Crippen molar-refractivity contribution < 1.29 is 9.18 Å². The Morgan fingerprint density at radius 2 is 1.44 bits per heavy atom. The van der Waals surface area contributed by atoms with E-state index in [-0.39, 0.29) is 11.6 Å². The molecule has 0 amide bonds. The van der Waals surface area contributed by atoms with Crippen LogP contribution in [0, 0.1) is 5.82 Å². The van der Waals surface area contributed by atoms with E-state index in [2.05, 4.69) is 0 Å². The van der Waals surface area contributed by atoms with Crippen molar-refractivity contribution in [2.45, 2.75) is 19.8 Å². The second kappa shape index (κ2) is 5.58. The number of ketones is 1. The Hall–Kier alpha value is -1.96. The summed E-state index contributed by atoms with van der Waals surface area (Å²) < 4.78 is 12.8. The molecular formula is C16H15FO. The van der Waals surface area contributed by atoms with Crippen LogP contribution >= 0.6 is 0 Å². The van der Waals surface area contributed by atoms with Gasteiger partial charge in [0.2, 0.25) is 0 Å². The van der Waals surface area contributed by atoms with Gasteiger partial charge in [-0.25, -0.2) is 4.39 Å². The molecule has 2 aromatic rings. The Balaban J connectivity index is 2.12. The third-order valence-electron chi connectivity index (χ3n) is 2.90. The van der Waals surface area contributed by atoms with E-state index >= 15 is 0 Å². The van der Waals surface area contributed by atoms with Crippen LogP contribution in [0.4, 0.5) is 4.39 Å². The van der Waals surface area contributed by atoms with Gasteiger partial charge in [0.1, 0.15) is 11.6 Å². The number of hydrogen-bond acceptors (Lipinski definition) is 1. The lowest BCUT2D eigenvalue weighted by Gasteiger charge is -2.04. The maximum atomic E-state index is 12.8. The van der Waals surface area contributed by atoms with Gasteiger partial charge in [0.25, 0.3) is 0 Å². The van der Waals surface area contributed by atoms with Crippen molar-refractivity contribution in [2.75, 3.05) is 0 Å². The predicted octanol–water partition coefficient (Wildman–Crippen LogP) is 4.01. The molecule has 0 atom stereocenters. The zero-order chi connectivity index (χ0) is 13.0. The Labute approximate surface area is 106 Å². The lowest BCUT2D eigenvalue weighted by molar-refractivity contribution is -0.116. The maximum Gasteiger partial charge on any atom is 0.130 e. The van der Waals surface area contributed by atoms with E-state index in [9.17, 15) is 9.18 Å². The van der Waals surface area contributed by atoms with Crippen molar-refractivity contribution >= 4 is 5.78 Å². The lowest BCUT2D eigenvalue weighted by Crippen LogP contribution is -1.93. The van der Waals surface area contributed by atoms with Gasteiger partial charge in [0, 0.05) is 6.42 Å². The molecule has 0 unspecified atom stereocenters. The molecule has 0 N–H and O–H groups in total. The number of carbonyl (C=O) groups is 1. The van der Waals surface area contributed by atoms with Crippen LogP contribution in [0.25, 0.3) is 11.1 Å². The molecule has 0 spiro atoms. The minimum atomic E-state index is -0.225. The Kier molecular flexibility index (Phi) is 3.88. The van der Waals surface area contributed by atoms with E-state index in [1.807, 2.05) is 24.3 Å². The first kappa shape index (κ1) is 12.5. The van der Waals surface area contributed by atoms with Crippen LogP contribution < -0.4 is 0 Å². The zero-order valence-corrected chi connectivity index (χ0v) is 10.3. The van der Waals surface area contributed by atoms with Crippen LogP contribution in [0.1, 0.15) is 18.9 Å². The highest BCUT2D eigenvalue weighted by Crippen LogP contribution is 2.20. The smallest absolute Gasteiger partial charge is 0.130 e. The first-order valence-corrected chi connectivity index (χ1v) is 5.99. The predicted molar refractivity (Wildman–Crippen MR) is 70.8 cm³/mol. The number of carbonyl (C=O) groups excluding carboxylic acids is 1. The van der Waals surface area contributed by atoms with Crippen molar-refractivity contribution in [1.29, 1.82) is 0 Å². The van der Waals surface area contributed by atoms with Crippen LogP contribution in [-0.2, 0) is 11.2 Å². The fourth-order valence-electron chi connectivity index (χ4n) is 1.83. The van der Waals surface area contributed by atoms with E-state index in [1.54, 1.807) is 19.1 Å². The molecule has 0 aliphatic carbocycles. The number of Topliss-reactive ketones (excluding diaryl/α,β-unsaturated/α-hetero) is 1. The van der Waals surface area contributed by atoms with E-state index in [0.29, 0.717) is 6.42 Å². The molecule has 2 heteroatoms. The molecule has 0 fully saturated rings.